The van der Waals surface area contributed by atoms with Gasteiger partial charge in [-0.2, -0.15) is 13.7 Å². The van der Waals surface area contributed by atoms with Gasteiger partial charge in [-0.1, -0.05) is 0 Å². The molecule has 1 heterocycles. The zero-order chi connectivity index (χ0) is 26.9. The van der Waals surface area contributed by atoms with Gasteiger partial charge in [-0.05, 0) is 96.9 Å². The zero-order valence-electron chi connectivity index (χ0n) is 23.7. The van der Waals surface area contributed by atoms with Gasteiger partial charge in [0.05, 0.1) is 18.8 Å². The van der Waals surface area contributed by atoms with Crippen molar-refractivity contribution in [1.82, 2.24) is 24.2 Å². The summed E-state index contributed by atoms with van der Waals surface area (Å²) < 4.78 is 21.8. The molecule has 12 heteroatoms. The van der Waals surface area contributed by atoms with E-state index in [0.717, 1.165) is 0 Å². The maximum Gasteiger partial charge on any atom is 0.435 e. The quantitative estimate of drug-likeness (QED) is 0.314. The smallest absolute Gasteiger partial charge is 0.435 e. The van der Waals surface area contributed by atoms with E-state index in [0.29, 0.717) is 0 Å². The predicted octanol–water partition coefficient (Wildman–Crippen LogP) is 6.68. The monoisotopic (exact) mass is 522 g/mol. The minimum absolute atomic E-state index is 0.162. The summed E-state index contributed by atoms with van der Waals surface area (Å²) in [6.07, 6.45) is -1.38. The Kier molecular flexibility index (Phi) is 9.69. The van der Waals surface area contributed by atoms with Gasteiger partial charge in [0.2, 0.25) is 7.51 Å². The van der Waals surface area contributed by atoms with Crippen LogP contribution >= 0.6 is 15.9 Å². The molecule has 2 amide bonds. The molecule has 34 heavy (non-hydrogen) atoms. The number of amides is 2. The van der Waals surface area contributed by atoms with E-state index in [1.54, 1.807) is 13.8 Å². The van der Waals surface area contributed by atoms with E-state index in [1.807, 2.05) is 20.8 Å². The minimum atomic E-state index is -3.07. The molecule has 1 fully saturated rings. The summed E-state index contributed by atoms with van der Waals surface area (Å²) in [5, 5.41) is 3.78. The van der Waals surface area contributed by atoms with Crippen molar-refractivity contribution in [3.8, 4) is 0 Å². The molecule has 10 nitrogen and oxygen atoms in total. The van der Waals surface area contributed by atoms with E-state index < -0.39 is 44.7 Å². The van der Waals surface area contributed by atoms with Gasteiger partial charge in [-0.25, -0.2) is 19.8 Å². The summed E-state index contributed by atoms with van der Waals surface area (Å²) in [5.41, 5.74) is 1.20. The second-order valence-electron chi connectivity index (χ2n) is 12.2. The lowest BCUT2D eigenvalue weighted by Gasteiger charge is -2.69. The van der Waals surface area contributed by atoms with Crippen molar-refractivity contribution in [1.29, 1.82) is 0 Å². The van der Waals surface area contributed by atoms with Gasteiger partial charge in [-0.15, -0.1) is 0 Å². The van der Waals surface area contributed by atoms with Gasteiger partial charge in [0.25, 0.3) is 0 Å². The van der Waals surface area contributed by atoms with Crippen LogP contribution in [0, 0.1) is 0 Å². The van der Waals surface area contributed by atoms with Gasteiger partial charge in [0.15, 0.2) is 0 Å². The molecule has 0 aliphatic carbocycles. The lowest BCUT2D eigenvalue weighted by molar-refractivity contribution is 0.0957. The first-order chi connectivity index (χ1) is 15.1. The molecule has 1 rings (SSSR count). The Morgan fingerprint density at radius 3 is 1.62 bits per heavy atom. The molecule has 1 aliphatic heterocycles. The highest BCUT2D eigenvalue weighted by Gasteiger charge is 2.67. The Balaban J connectivity index is 4.06. The summed E-state index contributed by atoms with van der Waals surface area (Å²) in [6.45, 7) is 28.8. The fourth-order valence-corrected chi connectivity index (χ4v) is 12.5. The Morgan fingerprint density at radius 1 is 0.853 bits per heavy atom. The molecule has 0 aromatic carbocycles. The van der Waals surface area contributed by atoms with Crippen LogP contribution in [-0.4, -0.2) is 61.2 Å². The van der Waals surface area contributed by atoms with Crippen LogP contribution in [0.1, 0.15) is 96.9 Å². The van der Waals surface area contributed by atoms with E-state index in [1.165, 1.54) is 4.78 Å². The largest absolute Gasteiger partial charge is 0.449 e. The molecular formula is C22H48N6O4P2. The minimum Gasteiger partial charge on any atom is -0.449 e. The van der Waals surface area contributed by atoms with Gasteiger partial charge in [0.1, 0.15) is 8.37 Å². The molecule has 0 unspecified atom stereocenters. The maximum atomic E-state index is 13.5. The van der Waals surface area contributed by atoms with Crippen molar-refractivity contribution in [3.05, 3.63) is 0 Å². The molecule has 1 aliphatic rings. The Hall–Kier alpha value is -0.920. The molecule has 0 spiro atoms. The Labute approximate surface area is 208 Å². The molecule has 1 saturated heterocycles. The summed E-state index contributed by atoms with van der Waals surface area (Å²) >= 11 is 0. The van der Waals surface area contributed by atoms with E-state index in [9.17, 15) is 9.59 Å². The normalized spacial score (nSPS) is 22.6. The average Bonchev–Trinajstić information content (AvgIpc) is 2.53. The third-order valence-corrected chi connectivity index (χ3v) is 13.2. The molecule has 0 bridgehead atoms. The predicted molar refractivity (Wildman–Crippen MR) is 141 cm³/mol. The van der Waals surface area contributed by atoms with Crippen molar-refractivity contribution >= 4 is 28.1 Å². The number of nitrogens with one attached hydrogen (secondary N) is 2. The third kappa shape index (κ3) is 7.30. The standard InChI is InChI=1S/C22H48N6O4P2/c1-15-31-17(29)23-26(18(30)32-16-2)34(25-20(6,7)8)27(21(9,10)11)33(24-19(3,4)5)28(34)22(12,13)14/h24H,15-16H2,1-14H3,(H,23,29). The summed E-state index contributed by atoms with van der Waals surface area (Å²) in [7, 11) is -4.16. The van der Waals surface area contributed by atoms with Crippen molar-refractivity contribution in [2.45, 2.75) is 119 Å². The van der Waals surface area contributed by atoms with Crippen molar-refractivity contribution < 1.29 is 19.1 Å². The Morgan fingerprint density at radius 2 is 1.29 bits per heavy atom. The van der Waals surface area contributed by atoms with Crippen LogP contribution in [-0.2, 0) is 9.47 Å². The van der Waals surface area contributed by atoms with E-state index in [4.69, 9.17) is 14.2 Å². The first-order valence-corrected chi connectivity index (χ1v) is 14.7. The maximum absolute atomic E-state index is 13.5. The molecule has 200 valence electrons. The molecule has 0 aromatic rings. The van der Waals surface area contributed by atoms with Crippen molar-refractivity contribution in [2.24, 2.45) is 4.74 Å². The van der Waals surface area contributed by atoms with Gasteiger partial charge in [0, 0.05) is 16.6 Å². The number of carbonyl (C=O) groups excluding carboxylic acids is 2. The lowest BCUT2D eigenvalue weighted by atomic mass is 10.1. The van der Waals surface area contributed by atoms with Gasteiger partial charge < -0.3 is 9.47 Å². The number of carbonyl (C=O) groups is 2. The fourth-order valence-electron chi connectivity index (χ4n) is 3.48. The molecular weight excluding hydrogens is 474 g/mol. The summed E-state index contributed by atoms with van der Waals surface area (Å²) in [4.78, 5) is 26.2. The summed E-state index contributed by atoms with van der Waals surface area (Å²) in [5.74, 6) is 0. The second-order valence-corrected chi connectivity index (χ2v) is 16.9. The molecule has 2 N–H and O–H groups in total. The van der Waals surface area contributed by atoms with Crippen LogP contribution in [0.3, 0.4) is 0 Å². The van der Waals surface area contributed by atoms with Crippen LogP contribution < -0.4 is 10.5 Å². The topological polar surface area (TPSA) is 98.7 Å². The SMILES string of the molecule is CCOC(=O)NN(C(=O)OCC)P1(=NC(C)(C)C)N(C(C)(C)C)P(NC(C)(C)C)N1C(C)(C)C. The first kappa shape index (κ1) is 31.1. The first-order valence-electron chi connectivity index (χ1n) is 11.8. The van der Waals surface area contributed by atoms with E-state index in [-0.39, 0.29) is 18.8 Å². The number of nitrogens with zero attached hydrogens (tertiary/aromatic N) is 4. The van der Waals surface area contributed by atoms with Gasteiger partial charge >= 0.3 is 12.2 Å². The van der Waals surface area contributed by atoms with E-state index >= 15 is 0 Å². The van der Waals surface area contributed by atoms with Gasteiger partial charge in [-0.3, -0.25) is 5.09 Å². The highest BCUT2D eigenvalue weighted by Crippen LogP contribution is 2.87. The molecule has 0 radical (unpaired) electrons. The van der Waals surface area contributed by atoms with Crippen LogP contribution in [0.15, 0.2) is 4.74 Å². The average molecular weight is 523 g/mol. The lowest BCUT2D eigenvalue weighted by Crippen LogP contribution is -2.65. The molecule has 0 atom stereocenters. The summed E-state index contributed by atoms with van der Waals surface area (Å²) in [6, 6.07) is 0. The van der Waals surface area contributed by atoms with Crippen molar-refractivity contribution in [3.63, 3.8) is 0 Å². The van der Waals surface area contributed by atoms with E-state index in [2.05, 4.69) is 81.7 Å². The number of hydrogen-bond acceptors (Lipinski definition) is 6. The highest BCUT2D eigenvalue weighted by molar-refractivity contribution is 7.85. The number of hydrazine groups is 1. The number of hydrogen-bond donors (Lipinski definition) is 2. The number of rotatable bonds is 4. The third-order valence-electron chi connectivity index (χ3n) is 4.12. The fraction of sp³-hybridized carbons (Fsp3) is 0.909. The second kappa shape index (κ2) is 10.6. The molecule has 0 saturated carbocycles. The molecule has 0 aromatic heterocycles. The highest BCUT2D eigenvalue weighted by atomic mass is 31.3. The number of ether oxygens (including phenoxy) is 2. The Bertz CT molecular complexity index is 767. The van der Waals surface area contributed by atoms with Crippen LogP contribution in [0.2, 0.25) is 0 Å². The zero-order valence-corrected chi connectivity index (χ0v) is 25.5. The van der Waals surface area contributed by atoms with Crippen molar-refractivity contribution in [2.75, 3.05) is 13.2 Å². The van der Waals surface area contributed by atoms with Crippen LogP contribution in [0.4, 0.5) is 9.59 Å². The van der Waals surface area contributed by atoms with Crippen LogP contribution in [0.25, 0.3) is 0 Å². The van der Waals surface area contributed by atoms with Crippen LogP contribution in [0.5, 0.6) is 0 Å².